The number of hydrogen-bond donors (Lipinski definition) is 1. The molecule has 2 aromatic rings. The van der Waals surface area contributed by atoms with Gasteiger partial charge < -0.3 is 10.2 Å². The summed E-state index contributed by atoms with van der Waals surface area (Å²) in [6, 6.07) is 17.4. The van der Waals surface area contributed by atoms with Crippen LogP contribution in [-0.2, 0) is 16.1 Å². The minimum Gasteiger partial charge on any atom is -0.354 e. The quantitative estimate of drug-likeness (QED) is 0.355. The topological polar surface area (TPSA) is 49.4 Å². The number of rotatable bonds is 11. The van der Waals surface area contributed by atoms with Crippen molar-refractivity contribution in [2.45, 2.75) is 50.6 Å². The van der Waals surface area contributed by atoms with Gasteiger partial charge in [0.25, 0.3) is 0 Å². The highest BCUT2D eigenvalue weighted by molar-refractivity contribution is 9.10. The molecule has 2 amide bonds. The maximum absolute atomic E-state index is 13.0. The molecule has 29 heavy (non-hydrogen) atoms. The minimum absolute atomic E-state index is 0.00783. The fourth-order valence-electron chi connectivity index (χ4n) is 2.87. The first-order chi connectivity index (χ1) is 14.0. The first kappa shape index (κ1) is 23.5. The lowest BCUT2D eigenvalue weighted by Crippen LogP contribution is -2.47. The van der Waals surface area contributed by atoms with Crippen LogP contribution < -0.4 is 5.32 Å². The van der Waals surface area contributed by atoms with Crippen LogP contribution >= 0.6 is 27.7 Å². The van der Waals surface area contributed by atoms with Crippen molar-refractivity contribution in [3.05, 3.63) is 64.6 Å². The number of amides is 2. The monoisotopic (exact) mass is 476 g/mol. The van der Waals surface area contributed by atoms with E-state index in [1.54, 1.807) is 16.7 Å². The van der Waals surface area contributed by atoms with Crippen molar-refractivity contribution < 1.29 is 9.59 Å². The summed E-state index contributed by atoms with van der Waals surface area (Å²) in [5.41, 5.74) is 0.997. The zero-order valence-corrected chi connectivity index (χ0v) is 19.5. The van der Waals surface area contributed by atoms with Gasteiger partial charge in [-0.2, -0.15) is 0 Å². The number of nitrogens with one attached hydrogen (secondary N) is 1. The summed E-state index contributed by atoms with van der Waals surface area (Å²) in [7, 11) is 0. The van der Waals surface area contributed by atoms with Gasteiger partial charge in [-0.05, 0) is 43.2 Å². The molecule has 4 nitrogen and oxygen atoms in total. The smallest absolute Gasteiger partial charge is 0.242 e. The molecule has 0 aliphatic rings. The lowest BCUT2D eigenvalue weighted by molar-refractivity contribution is -0.140. The molecule has 0 radical (unpaired) electrons. The molecule has 0 unspecified atom stereocenters. The van der Waals surface area contributed by atoms with E-state index in [9.17, 15) is 9.59 Å². The van der Waals surface area contributed by atoms with Crippen LogP contribution in [0, 0.1) is 0 Å². The van der Waals surface area contributed by atoms with Crippen LogP contribution in [0.4, 0.5) is 0 Å². The maximum atomic E-state index is 13.0. The molecule has 0 fully saturated rings. The van der Waals surface area contributed by atoms with Gasteiger partial charge in [-0.25, -0.2) is 0 Å². The van der Waals surface area contributed by atoms with Gasteiger partial charge in [0.1, 0.15) is 6.04 Å². The Labute approximate surface area is 186 Å². The molecular weight excluding hydrogens is 448 g/mol. The standard InChI is InChI=1S/C23H29BrN2O2S/c1-3-4-14-25-23(28)18(2)26(17-19-9-8-10-20(24)16-19)22(27)13-15-29-21-11-6-5-7-12-21/h5-12,16,18H,3-4,13-15,17H2,1-2H3,(H,25,28)/t18-/m0/s1. The Morgan fingerprint density at radius 2 is 1.90 bits per heavy atom. The first-order valence-corrected chi connectivity index (χ1v) is 11.8. The van der Waals surface area contributed by atoms with E-state index in [0.29, 0.717) is 25.3 Å². The van der Waals surface area contributed by atoms with E-state index >= 15 is 0 Å². The van der Waals surface area contributed by atoms with Crippen LogP contribution in [0.1, 0.15) is 38.7 Å². The second kappa shape index (κ2) is 12.7. The third kappa shape index (κ3) is 8.23. The van der Waals surface area contributed by atoms with Crippen molar-refractivity contribution in [3.8, 4) is 0 Å². The Bertz CT molecular complexity index is 785. The molecule has 2 aromatic carbocycles. The fourth-order valence-corrected chi connectivity index (χ4v) is 4.18. The second-order valence-electron chi connectivity index (χ2n) is 6.88. The lowest BCUT2D eigenvalue weighted by atomic mass is 10.1. The van der Waals surface area contributed by atoms with Gasteiger partial charge in [-0.3, -0.25) is 9.59 Å². The minimum atomic E-state index is -0.514. The summed E-state index contributed by atoms with van der Waals surface area (Å²) in [5, 5.41) is 2.95. The molecule has 0 aliphatic heterocycles. The van der Waals surface area contributed by atoms with Gasteiger partial charge in [-0.1, -0.05) is 59.6 Å². The summed E-state index contributed by atoms with van der Waals surface area (Å²) < 4.78 is 0.960. The lowest BCUT2D eigenvalue weighted by Gasteiger charge is -2.29. The predicted octanol–water partition coefficient (Wildman–Crippen LogP) is 5.26. The number of benzene rings is 2. The molecule has 0 aromatic heterocycles. The molecule has 0 spiro atoms. The third-order valence-electron chi connectivity index (χ3n) is 4.57. The van der Waals surface area contributed by atoms with Gasteiger partial charge in [0.15, 0.2) is 0 Å². The van der Waals surface area contributed by atoms with Crippen LogP contribution in [0.2, 0.25) is 0 Å². The Hall–Kier alpha value is -1.79. The van der Waals surface area contributed by atoms with E-state index in [1.165, 1.54) is 0 Å². The summed E-state index contributed by atoms with van der Waals surface area (Å²) in [5.74, 6) is 0.575. The van der Waals surface area contributed by atoms with Crippen LogP contribution in [0.25, 0.3) is 0 Å². The number of nitrogens with zero attached hydrogens (tertiary/aromatic N) is 1. The van der Waals surface area contributed by atoms with E-state index in [1.807, 2.05) is 61.5 Å². The van der Waals surface area contributed by atoms with E-state index in [4.69, 9.17) is 0 Å². The van der Waals surface area contributed by atoms with E-state index < -0.39 is 6.04 Å². The number of carbonyl (C=O) groups is 2. The summed E-state index contributed by atoms with van der Waals surface area (Å²) in [4.78, 5) is 28.4. The Balaban J connectivity index is 2.03. The molecule has 0 aliphatic carbocycles. The number of thioether (sulfide) groups is 1. The van der Waals surface area contributed by atoms with Crippen LogP contribution in [0.3, 0.4) is 0 Å². The summed E-state index contributed by atoms with van der Waals surface area (Å²) in [6.45, 7) is 4.95. The highest BCUT2D eigenvalue weighted by Crippen LogP contribution is 2.20. The first-order valence-electron chi connectivity index (χ1n) is 10.0. The Morgan fingerprint density at radius 1 is 1.14 bits per heavy atom. The van der Waals surface area contributed by atoms with Crippen molar-refractivity contribution in [1.82, 2.24) is 10.2 Å². The second-order valence-corrected chi connectivity index (χ2v) is 8.97. The van der Waals surface area contributed by atoms with Crippen molar-refractivity contribution in [2.75, 3.05) is 12.3 Å². The number of unbranched alkanes of at least 4 members (excludes halogenated alkanes) is 1. The molecule has 1 N–H and O–H groups in total. The third-order valence-corrected chi connectivity index (χ3v) is 6.07. The maximum Gasteiger partial charge on any atom is 0.242 e. The highest BCUT2D eigenvalue weighted by Gasteiger charge is 2.25. The average molecular weight is 477 g/mol. The largest absolute Gasteiger partial charge is 0.354 e. The molecule has 6 heteroatoms. The Morgan fingerprint density at radius 3 is 2.59 bits per heavy atom. The van der Waals surface area contributed by atoms with Gasteiger partial charge >= 0.3 is 0 Å². The van der Waals surface area contributed by atoms with Crippen LogP contribution in [0.5, 0.6) is 0 Å². The summed E-state index contributed by atoms with van der Waals surface area (Å²) in [6.07, 6.45) is 2.35. The zero-order chi connectivity index (χ0) is 21.1. The zero-order valence-electron chi connectivity index (χ0n) is 17.1. The fraction of sp³-hybridized carbons (Fsp3) is 0.391. The highest BCUT2D eigenvalue weighted by atomic mass is 79.9. The van der Waals surface area contributed by atoms with Crippen LogP contribution in [-0.4, -0.2) is 35.1 Å². The molecule has 0 bridgehead atoms. The number of carbonyl (C=O) groups excluding carboxylic acids is 2. The van der Waals surface area contributed by atoms with Gasteiger partial charge in [0, 0.05) is 34.6 Å². The van der Waals surface area contributed by atoms with Crippen LogP contribution in [0.15, 0.2) is 64.0 Å². The summed E-state index contributed by atoms with van der Waals surface area (Å²) >= 11 is 5.14. The number of hydrogen-bond acceptors (Lipinski definition) is 3. The van der Waals surface area contributed by atoms with Crippen molar-refractivity contribution in [1.29, 1.82) is 0 Å². The molecule has 0 saturated heterocycles. The Kier molecular flexibility index (Phi) is 10.3. The van der Waals surface area contributed by atoms with Crippen molar-refractivity contribution in [3.63, 3.8) is 0 Å². The van der Waals surface area contributed by atoms with Crippen molar-refractivity contribution >= 4 is 39.5 Å². The van der Waals surface area contributed by atoms with E-state index in [2.05, 4.69) is 28.2 Å². The molecule has 1 atom stereocenters. The van der Waals surface area contributed by atoms with Gasteiger partial charge in [0.2, 0.25) is 11.8 Å². The van der Waals surface area contributed by atoms with Gasteiger partial charge in [0.05, 0.1) is 0 Å². The molecule has 156 valence electrons. The molecule has 0 saturated carbocycles. The SMILES string of the molecule is CCCCNC(=O)[C@H](C)N(Cc1cccc(Br)c1)C(=O)CCSc1ccccc1. The van der Waals surface area contributed by atoms with Crippen molar-refractivity contribution in [2.24, 2.45) is 0 Å². The molecule has 2 rings (SSSR count). The molecular formula is C23H29BrN2O2S. The average Bonchev–Trinajstić information content (AvgIpc) is 2.72. The normalized spacial score (nSPS) is 11.7. The predicted molar refractivity (Wildman–Crippen MR) is 124 cm³/mol. The number of halogens is 1. The van der Waals surface area contributed by atoms with E-state index in [-0.39, 0.29) is 11.8 Å². The van der Waals surface area contributed by atoms with E-state index in [0.717, 1.165) is 27.8 Å². The van der Waals surface area contributed by atoms with Gasteiger partial charge in [-0.15, -0.1) is 11.8 Å². The molecule has 0 heterocycles.